The number of hydrogen-bond acceptors (Lipinski definition) is 4. The minimum Gasteiger partial charge on any atom is -0.481 e. The molecule has 132 valence electrons. The van der Waals surface area contributed by atoms with Crippen LogP contribution in [-0.4, -0.2) is 32.3 Å². The average Bonchev–Trinajstić information content (AvgIpc) is 2.55. The third kappa shape index (κ3) is 5.56. The van der Waals surface area contributed by atoms with Crippen molar-refractivity contribution in [2.45, 2.75) is 38.8 Å². The molecule has 0 unspecified atom stereocenters. The van der Waals surface area contributed by atoms with Gasteiger partial charge in [-0.3, -0.25) is 14.4 Å². The number of carbonyl (C=O) groups excluding carboxylic acids is 1. The summed E-state index contributed by atoms with van der Waals surface area (Å²) < 4.78 is 1.23. The van der Waals surface area contributed by atoms with Gasteiger partial charge < -0.3 is 10.4 Å². The molecule has 1 heterocycles. The topological polar surface area (TPSA) is 101 Å². The van der Waals surface area contributed by atoms with E-state index in [-0.39, 0.29) is 30.6 Å². The molecular weight excluding hydrogens is 322 g/mol. The van der Waals surface area contributed by atoms with Gasteiger partial charge in [-0.25, -0.2) is 4.68 Å². The van der Waals surface area contributed by atoms with Gasteiger partial charge in [-0.2, -0.15) is 5.10 Å². The van der Waals surface area contributed by atoms with Crippen molar-refractivity contribution in [2.24, 2.45) is 0 Å². The Morgan fingerprint density at radius 3 is 2.48 bits per heavy atom. The molecule has 2 rings (SSSR count). The lowest BCUT2D eigenvalue weighted by Gasteiger charge is -2.25. The largest absolute Gasteiger partial charge is 0.481 e. The van der Waals surface area contributed by atoms with Gasteiger partial charge in [-0.05, 0) is 31.9 Å². The van der Waals surface area contributed by atoms with E-state index < -0.39 is 17.4 Å². The van der Waals surface area contributed by atoms with Crippen molar-refractivity contribution < 1.29 is 14.7 Å². The van der Waals surface area contributed by atoms with Crippen molar-refractivity contribution in [1.29, 1.82) is 0 Å². The molecule has 0 fully saturated rings. The van der Waals surface area contributed by atoms with Gasteiger partial charge in [-0.1, -0.05) is 30.3 Å². The van der Waals surface area contributed by atoms with Crippen molar-refractivity contribution in [2.75, 3.05) is 0 Å². The van der Waals surface area contributed by atoms with E-state index in [0.29, 0.717) is 0 Å². The molecule has 1 aromatic carbocycles. The molecule has 0 spiro atoms. The van der Waals surface area contributed by atoms with Crippen LogP contribution in [0.15, 0.2) is 47.3 Å². The van der Waals surface area contributed by atoms with Crippen molar-refractivity contribution in [3.63, 3.8) is 0 Å². The minimum atomic E-state index is -0.920. The zero-order valence-corrected chi connectivity index (χ0v) is 14.2. The first kappa shape index (κ1) is 18.4. The molecule has 0 aliphatic rings. The second kappa shape index (κ2) is 7.74. The number of hydrogen-bond donors (Lipinski definition) is 2. The van der Waals surface area contributed by atoms with Gasteiger partial charge >= 0.3 is 5.97 Å². The van der Waals surface area contributed by atoms with Gasteiger partial charge in [-0.15, -0.1) is 0 Å². The Hall–Kier alpha value is -2.96. The average molecular weight is 343 g/mol. The zero-order valence-electron chi connectivity index (χ0n) is 14.2. The minimum absolute atomic E-state index is 0.0474. The second-order valence-electron chi connectivity index (χ2n) is 6.43. The molecule has 25 heavy (non-hydrogen) atoms. The summed E-state index contributed by atoms with van der Waals surface area (Å²) in [5.74, 6) is -1.37. The first-order valence-corrected chi connectivity index (χ1v) is 7.93. The predicted octanol–water partition coefficient (Wildman–Crippen LogP) is 1.66. The van der Waals surface area contributed by atoms with E-state index in [1.807, 2.05) is 30.3 Å². The number of amides is 1. The van der Waals surface area contributed by atoms with Crippen molar-refractivity contribution in [3.05, 3.63) is 64.1 Å². The molecule has 0 radical (unpaired) electrons. The number of carboxylic acids is 1. The third-order valence-electron chi connectivity index (χ3n) is 3.69. The highest BCUT2D eigenvalue weighted by Crippen LogP contribution is 2.12. The normalized spacial score (nSPS) is 11.1. The van der Waals surface area contributed by atoms with E-state index in [0.717, 1.165) is 5.56 Å². The van der Waals surface area contributed by atoms with Gasteiger partial charge in [0, 0.05) is 18.0 Å². The maximum atomic E-state index is 12.4. The molecule has 1 aromatic heterocycles. The first-order valence-electron chi connectivity index (χ1n) is 7.93. The van der Waals surface area contributed by atoms with E-state index in [9.17, 15) is 14.4 Å². The zero-order chi connectivity index (χ0) is 18.4. The molecule has 0 aliphatic carbocycles. The summed E-state index contributed by atoms with van der Waals surface area (Å²) in [6.07, 6.45) is 0.242. The third-order valence-corrected chi connectivity index (χ3v) is 3.69. The Morgan fingerprint density at radius 2 is 1.84 bits per heavy atom. The van der Waals surface area contributed by atoms with Crippen LogP contribution < -0.4 is 10.9 Å². The van der Waals surface area contributed by atoms with Gasteiger partial charge in [0.2, 0.25) is 0 Å². The Balaban J connectivity index is 2.14. The van der Waals surface area contributed by atoms with Crippen LogP contribution in [0.2, 0.25) is 0 Å². The van der Waals surface area contributed by atoms with E-state index in [2.05, 4.69) is 10.4 Å². The number of nitrogens with zero attached hydrogens (tertiary/aromatic N) is 2. The van der Waals surface area contributed by atoms with E-state index in [1.165, 1.54) is 16.8 Å². The van der Waals surface area contributed by atoms with Gasteiger partial charge in [0.05, 0.1) is 6.54 Å². The predicted molar refractivity (Wildman–Crippen MR) is 92.5 cm³/mol. The fourth-order valence-corrected chi connectivity index (χ4v) is 2.29. The van der Waals surface area contributed by atoms with Crippen LogP contribution in [0.4, 0.5) is 0 Å². The quantitative estimate of drug-likeness (QED) is 0.796. The molecule has 7 heteroatoms. The Kier molecular flexibility index (Phi) is 5.69. The molecular formula is C18H21N3O4. The summed E-state index contributed by atoms with van der Waals surface area (Å²) in [6.45, 7) is 3.75. The van der Waals surface area contributed by atoms with Gasteiger partial charge in [0.15, 0.2) is 0 Å². The Bertz CT molecular complexity index is 813. The number of nitrogens with one attached hydrogen (secondary N) is 1. The van der Waals surface area contributed by atoms with Crippen LogP contribution in [0.3, 0.4) is 0 Å². The summed E-state index contributed by atoms with van der Waals surface area (Å²) in [5, 5.41) is 15.7. The second-order valence-corrected chi connectivity index (χ2v) is 6.43. The summed E-state index contributed by atoms with van der Waals surface area (Å²) in [6, 6.07) is 12.0. The molecule has 7 nitrogen and oxygen atoms in total. The standard InChI is InChI=1S/C18H21N3O4/c1-18(2,11-10-16(23)24)19-17(25)14-8-9-15(22)21(20-14)12-13-6-4-3-5-7-13/h3-9H,10-12H2,1-2H3,(H,19,25)(H,23,24). The highest BCUT2D eigenvalue weighted by atomic mass is 16.4. The van der Waals surface area contributed by atoms with Crippen LogP contribution >= 0.6 is 0 Å². The number of aliphatic carboxylic acids is 1. The van der Waals surface area contributed by atoms with Gasteiger partial charge in [0.25, 0.3) is 11.5 Å². The summed E-state index contributed by atoms with van der Waals surface area (Å²) >= 11 is 0. The molecule has 2 N–H and O–H groups in total. The molecule has 0 atom stereocenters. The summed E-state index contributed by atoms with van der Waals surface area (Å²) in [5.41, 5.74) is 0.0123. The molecule has 1 amide bonds. The monoisotopic (exact) mass is 343 g/mol. The fraction of sp³-hybridized carbons (Fsp3) is 0.333. The molecule has 0 saturated carbocycles. The fourth-order valence-electron chi connectivity index (χ4n) is 2.29. The maximum absolute atomic E-state index is 12.4. The Morgan fingerprint density at radius 1 is 1.16 bits per heavy atom. The molecule has 0 bridgehead atoms. The summed E-state index contributed by atoms with van der Waals surface area (Å²) in [4.78, 5) is 35.0. The van der Waals surface area contributed by atoms with Crippen LogP contribution in [0, 0.1) is 0 Å². The SMILES string of the molecule is CC(C)(CCC(=O)O)NC(=O)c1ccc(=O)n(Cc2ccccc2)n1. The van der Waals surface area contributed by atoms with Crippen LogP contribution in [-0.2, 0) is 11.3 Å². The van der Waals surface area contributed by atoms with Crippen LogP contribution in [0.5, 0.6) is 0 Å². The summed E-state index contributed by atoms with van der Waals surface area (Å²) in [7, 11) is 0. The molecule has 0 saturated heterocycles. The Labute approximate surface area is 145 Å². The van der Waals surface area contributed by atoms with Gasteiger partial charge in [0.1, 0.15) is 5.69 Å². The smallest absolute Gasteiger partial charge is 0.303 e. The lowest BCUT2D eigenvalue weighted by molar-refractivity contribution is -0.137. The van der Waals surface area contributed by atoms with Crippen molar-refractivity contribution in [1.82, 2.24) is 15.1 Å². The van der Waals surface area contributed by atoms with E-state index in [1.54, 1.807) is 13.8 Å². The maximum Gasteiger partial charge on any atom is 0.303 e. The van der Waals surface area contributed by atoms with E-state index in [4.69, 9.17) is 5.11 Å². The van der Waals surface area contributed by atoms with Crippen molar-refractivity contribution in [3.8, 4) is 0 Å². The number of carboxylic acid groups (broad SMARTS) is 1. The lowest BCUT2D eigenvalue weighted by Crippen LogP contribution is -2.44. The van der Waals surface area contributed by atoms with Crippen LogP contribution in [0.25, 0.3) is 0 Å². The molecule has 2 aromatic rings. The van der Waals surface area contributed by atoms with E-state index >= 15 is 0 Å². The first-order chi connectivity index (χ1) is 11.8. The number of carbonyl (C=O) groups is 2. The van der Waals surface area contributed by atoms with Crippen molar-refractivity contribution >= 4 is 11.9 Å². The molecule has 0 aliphatic heterocycles. The highest BCUT2D eigenvalue weighted by molar-refractivity contribution is 5.92. The number of rotatable bonds is 7. The highest BCUT2D eigenvalue weighted by Gasteiger charge is 2.23. The number of aromatic nitrogens is 2. The van der Waals surface area contributed by atoms with Crippen LogP contribution in [0.1, 0.15) is 42.7 Å². The lowest BCUT2D eigenvalue weighted by atomic mass is 9.98. The number of benzene rings is 1.